The topological polar surface area (TPSA) is 52.6 Å². The van der Waals surface area contributed by atoms with Gasteiger partial charge in [-0.15, -0.1) is 0 Å². The Bertz CT molecular complexity index is 206. The third-order valence-electron chi connectivity index (χ3n) is 1.93. The van der Waals surface area contributed by atoms with E-state index in [-0.39, 0.29) is 5.97 Å². The Balaban J connectivity index is 4.03. The van der Waals surface area contributed by atoms with Crippen LogP contribution in [0.1, 0.15) is 26.7 Å². The molecule has 0 N–H and O–H groups in total. The predicted octanol–water partition coefficient (Wildman–Crippen LogP) is 1.11. The second-order valence-electron chi connectivity index (χ2n) is 3.08. The van der Waals surface area contributed by atoms with Gasteiger partial charge in [0.25, 0.3) is 0 Å². The van der Waals surface area contributed by atoms with Gasteiger partial charge in [-0.1, -0.05) is 6.92 Å². The van der Waals surface area contributed by atoms with E-state index in [0.717, 1.165) is 0 Å². The Morgan fingerprint density at radius 2 is 2.07 bits per heavy atom. The monoisotopic (exact) mass is 236 g/mol. The maximum atomic E-state index is 11.7. The van der Waals surface area contributed by atoms with Gasteiger partial charge in [0, 0.05) is 30.3 Å². The standard InChI is InChI=1S/C10H20O4S/c1-4-9(10(11)14-5-2)15(12)8-6-7-13-3/h9H,4-8H2,1-3H3. The number of hydrogen-bond acceptors (Lipinski definition) is 4. The average molecular weight is 236 g/mol. The van der Waals surface area contributed by atoms with Crippen molar-refractivity contribution in [3.63, 3.8) is 0 Å². The van der Waals surface area contributed by atoms with Crippen LogP contribution in [-0.2, 0) is 25.1 Å². The summed E-state index contributed by atoms with van der Waals surface area (Å²) in [5.74, 6) is 0.140. The van der Waals surface area contributed by atoms with E-state index in [0.29, 0.717) is 31.8 Å². The minimum Gasteiger partial charge on any atom is -0.465 e. The van der Waals surface area contributed by atoms with Crippen molar-refractivity contribution in [2.45, 2.75) is 31.9 Å². The van der Waals surface area contributed by atoms with Crippen molar-refractivity contribution in [1.29, 1.82) is 0 Å². The van der Waals surface area contributed by atoms with Gasteiger partial charge in [0.1, 0.15) is 5.25 Å². The number of esters is 1. The molecule has 0 spiro atoms. The van der Waals surface area contributed by atoms with Crippen molar-refractivity contribution >= 4 is 16.8 Å². The Morgan fingerprint density at radius 3 is 2.53 bits per heavy atom. The van der Waals surface area contributed by atoms with Crippen LogP contribution < -0.4 is 0 Å². The second kappa shape index (κ2) is 8.85. The van der Waals surface area contributed by atoms with Crippen LogP contribution >= 0.6 is 0 Å². The summed E-state index contributed by atoms with van der Waals surface area (Å²) in [4.78, 5) is 11.4. The first-order valence-corrected chi connectivity index (χ1v) is 6.58. The van der Waals surface area contributed by atoms with Crippen LogP contribution in [-0.4, -0.2) is 41.5 Å². The second-order valence-corrected chi connectivity index (χ2v) is 4.82. The van der Waals surface area contributed by atoms with Crippen molar-refractivity contribution < 1.29 is 18.5 Å². The third kappa shape index (κ3) is 5.89. The molecule has 90 valence electrons. The highest BCUT2D eigenvalue weighted by Crippen LogP contribution is 2.06. The fourth-order valence-electron chi connectivity index (χ4n) is 1.18. The van der Waals surface area contributed by atoms with E-state index in [1.807, 2.05) is 6.92 Å². The molecule has 2 atom stereocenters. The fourth-order valence-corrected chi connectivity index (χ4v) is 2.52. The normalized spacial score (nSPS) is 14.6. The van der Waals surface area contributed by atoms with E-state index < -0.39 is 16.0 Å². The van der Waals surface area contributed by atoms with Gasteiger partial charge in [0.05, 0.1) is 6.61 Å². The third-order valence-corrected chi connectivity index (χ3v) is 3.78. The number of rotatable bonds is 8. The molecule has 0 aliphatic rings. The van der Waals surface area contributed by atoms with Gasteiger partial charge in [0.15, 0.2) is 0 Å². The largest absolute Gasteiger partial charge is 0.465 e. The summed E-state index contributed by atoms with van der Waals surface area (Å²) in [6, 6.07) is 0. The Hall–Kier alpha value is -0.420. The number of ether oxygens (including phenoxy) is 2. The molecule has 0 rings (SSSR count). The quantitative estimate of drug-likeness (QED) is 0.468. The molecular weight excluding hydrogens is 216 g/mol. The molecular formula is C10H20O4S. The summed E-state index contributed by atoms with van der Waals surface area (Å²) in [5, 5.41) is -0.484. The van der Waals surface area contributed by atoms with Crippen LogP contribution in [0.5, 0.6) is 0 Å². The predicted molar refractivity (Wildman–Crippen MR) is 60.2 cm³/mol. The first kappa shape index (κ1) is 14.6. The van der Waals surface area contributed by atoms with Crippen molar-refractivity contribution in [3.05, 3.63) is 0 Å². The lowest BCUT2D eigenvalue weighted by atomic mass is 10.3. The maximum Gasteiger partial charge on any atom is 0.321 e. The van der Waals surface area contributed by atoms with Crippen LogP contribution in [0.15, 0.2) is 0 Å². The first-order chi connectivity index (χ1) is 7.17. The van der Waals surface area contributed by atoms with Crippen LogP contribution in [0.3, 0.4) is 0 Å². The van der Waals surface area contributed by atoms with Gasteiger partial charge in [0.2, 0.25) is 0 Å². The van der Waals surface area contributed by atoms with Gasteiger partial charge in [-0.2, -0.15) is 0 Å². The molecule has 4 nitrogen and oxygen atoms in total. The molecule has 5 heteroatoms. The smallest absolute Gasteiger partial charge is 0.321 e. The number of carbonyl (C=O) groups is 1. The molecule has 0 bridgehead atoms. The van der Waals surface area contributed by atoms with E-state index in [9.17, 15) is 9.00 Å². The Kier molecular flexibility index (Phi) is 8.61. The zero-order valence-corrected chi connectivity index (χ0v) is 10.5. The summed E-state index contributed by atoms with van der Waals surface area (Å²) in [6.45, 7) is 4.50. The molecule has 0 heterocycles. The molecule has 0 fully saturated rings. The minimum absolute atomic E-state index is 0.338. The van der Waals surface area contributed by atoms with Crippen LogP contribution in [0, 0.1) is 0 Å². The lowest BCUT2D eigenvalue weighted by Gasteiger charge is -2.12. The molecule has 0 radical (unpaired) electrons. The molecule has 0 aromatic carbocycles. The first-order valence-electron chi connectivity index (χ1n) is 5.20. The zero-order valence-electron chi connectivity index (χ0n) is 9.65. The maximum absolute atomic E-state index is 11.7. The zero-order chi connectivity index (χ0) is 11.7. The Morgan fingerprint density at radius 1 is 1.40 bits per heavy atom. The molecule has 2 unspecified atom stereocenters. The highest BCUT2D eigenvalue weighted by molar-refractivity contribution is 7.86. The van der Waals surface area contributed by atoms with Crippen LogP contribution in [0.25, 0.3) is 0 Å². The molecule has 0 saturated heterocycles. The summed E-state index contributed by atoms with van der Waals surface area (Å²) in [7, 11) is 0.457. The SMILES string of the molecule is CCOC(=O)C(CC)S(=O)CCCOC. The number of methoxy groups -OCH3 is 1. The summed E-state index contributed by atoms with van der Waals surface area (Å²) >= 11 is 0. The van der Waals surface area contributed by atoms with Crippen molar-refractivity contribution in [3.8, 4) is 0 Å². The van der Waals surface area contributed by atoms with Crippen LogP contribution in [0.4, 0.5) is 0 Å². The van der Waals surface area contributed by atoms with Gasteiger partial charge in [-0.05, 0) is 19.8 Å². The lowest BCUT2D eigenvalue weighted by molar-refractivity contribution is -0.142. The van der Waals surface area contributed by atoms with Gasteiger partial charge >= 0.3 is 5.97 Å². The fraction of sp³-hybridized carbons (Fsp3) is 0.900. The summed E-state index contributed by atoms with van der Waals surface area (Å²) < 4.78 is 21.4. The average Bonchev–Trinajstić information content (AvgIpc) is 2.19. The highest BCUT2D eigenvalue weighted by atomic mass is 32.2. The molecule has 0 aliphatic heterocycles. The van der Waals surface area contributed by atoms with E-state index in [4.69, 9.17) is 9.47 Å². The van der Waals surface area contributed by atoms with E-state index in [2.05, 4.69) is 0 Å². The molecule has 15 heavy (non-hydrogen) atoms. The van der Waals surface area contributed by atoms with Crippen molar-refractivity contribution in [2.24, 2.45) is 0 Å². The number of carbonyl (C=O) groups excluding carboxylic acids is 1. The highest BCUT2D eigenvalue weighted by Gasteiger charge is 2.23. The molecule has 0 amide bonds. The van der Waals surface area contributed by atoms with Gasteiger partial charge in [-0.25, -0.2) is 0 Å². The van der Waals surface area contributed by atoms with Crippen molar-refractivity contribution in [1.82, 2.24) is 0 Å². The van der Waals surface area contributed by atoms with Crippen molar-refractivity contribution in [2.75, 3.05) is 26.1 Å². The molecule has 0 saturated carbocycles. The van der Waals surface area contributed by atoms with E-state index >= 15 is 0 Å². The molecule has 0 aromatic rings. The summed E-state index contributed by atoms with van der Waals surface area (Å²) in [5.41, 5.74) is 0. The van der Waals surface area contributed by atoms with E-state index in [1.165, 1.54) is 0 Å². The Labute approximate surface area is 93.8 Å². The van der Waals surface area contributed by atoms with Gasteiger partial charge < -0.3 is 9.47 Å². The molecule has 0 aliphatic carbocycles. The molecule has 0 aromatic heterocycles. The van der Waals surface area contributed by atoms with Crippen LogP contribution in [0.2, 0.25) is 0 Å². The minimum atomic E-state index is -1.15. The van der Waals surface area contributed by atoms with Gasteiger partial charge in [-0.3, -0.25) is 9.00 Å². The number of hydrogen-bond donors (Lipinski definition) is 0. The summed E-state index contributed by atoms with van der Waals surface area (Å²) in [6.07, 6.45) is 1.26. The van der Waals surface area contributed by atoms with E-state index in [1.54, 1.807) is 14.0 Å². The lowest BCUT2D eigenvalue weighted by Crippen LogP contribution is -2.29.